The van der Waals surface area contributed by atoms with Crippen LogP contribution < -0.4 is 0 Å². The summed E-state index contributed by atoms with van der Waals surface area (Å²) in [5.74, 6) is 1.55. The second-order valence-corrected chi connectivity index (χ2v) is 6.70. The predicted octanol–water partition coefficient (Wildman–Crippen LogP) is 2.77. The van der Waals surface area contributed by atoms with E-state index in [0.717, 1.165) is 50.7 Å². The minimum Gasteiger partial charge on any atom is -0.338 e. The number of benzene rings is 1. The minimum atomic E-state index is 0.599. The molecule has 0 atom stereocenters. The van der Waals surface area contributed by atoms with Gasteiger partial charge >= 0.3 is 0 Å². The molecule has 0 amide bonds. The fourth-order valence-corrected chi connectivity index (χ4v) is 3.34. The molecule has 130 valence electrons. The smallest absolute Gasteiger partial charge is 0.240 e. The van der Waals surface area contributed by atoms with Crippen LogP contribution in [0.1, 0.15) is 37.0 Å². The molecule has 3 rings (SSSR count). The lowest BCUT2D eigenvalue weighted by atomic mass is 10.0. The van der Waals surface area contributed by atoms with Gasteiger partial charge in [0, 0.05) is 19.0 Å². The van der Waals surface area contributed by atoms with E-state index >= 15 is 0 Å². The van der Waals surface area contributed by atoms with E-state index in [9.17, 15) is 0 Å². The van der Waals surface area contributed by atoms with Gasteiger partial charge in [0.15, 0.2) is 5.82 Å². The Morgan fingerprint density at radius 3 is 2.62 bits per heavy atom. The van der Waals surface area contributed by atoms with E-state index in [1.54, 1.807) is 0 Å². The van der Waals surface area contributed by atoms with Crippen molar-refractivity contribution in [3.05, 3.63) is 47.6 Å². The average Bonchev–Trinajstić information content (AvgIpc) is 3.08. The van der Waals surface area contributed by atoms with Crippen LogP contribution in [0, 0.1) is 0 Å². The lowest BCUT2D eigenvalue weighted by molar-refractivity contribution is 0.104. The summed E-state index contributed by atoms with van der Waals surface area (Å²) in [5, 5.41) is 4.04. The molecular formula is C19H28N4O. The van der Waals surface area contributed by atoms with E-state index in [1.165, 1.54) is 18.4 Å². The van der Waals surface area contributed by atoms with Crippen molar-refractivity contribution in [1.29, 1.82) is 0 Å². The SMILES string of the molecule is CCc1noc(CN(CCc2ccccc2)C2CCN(C)CC2)n1. The van der Waals surface area contributed by atoms with E-state index < -0.39 is 0 Å². The van der Waals surface area contributed by atoms with Crippen molar-refractivity contribution in [3.63, 3.8) is 0 Å². The molecule has 0 bridgehead atoms. The Bertz CT molecular complexity index is 605. The summed E-state index contributed by atoms with van der Waals surface area (Å²) in [6.45, 7) is 6.17. The molecule has 1 aliphatic heterocycles. The van der Waals surface area contributed by atoms with Crippen molar-refractivity contribution in [1.82, 2.24) is 19.9 Å². The number of nitrogens with zero attached hydrogens (tertiary/aromatic N) is 4. The van der Waals surface area contributed by atoms with Crippen LogP contribution in [-0.2, 0) is 19.4 Å². The molecule has 1 saturated heterocycles. The van der Waals surface area contributed by atoms with Gasteiger partial charge in [-0.05, 0) is 45.0 Å². The average molecular weight is 328 g/mol. The molecular weight excluding hydrogens is 300 g/mol. The van der Waals surface area contributed by atoms with Gasteiger partial charge in [0.05, 0.1) is 6.54 Å². The van der Waals surface area contributed by atoms with Gasteiger partial charge < -0.3 is 9.42 Å². The van der Waals surface area contributed by atoms with Crippen molar-refractivity contribution < 1.29 is 4.52 Å². The zero-order valence-electron chi connectivity index (χ0n) is 14.8. The van der Waals surface area contributed by atoms with E-state index in [4.69, 9.17) is 4.52 Å². The third kappa shape index (κ3) is 4.65. The second kappa shape index (κ2) is 8.40. The highest BCUT2D eigenvalue weighted by Crippen LogP contribution is 2.18. The molecule has 2 aromatic rings. The van der Waals surface area contributed by atoms with Gasteiger partial charge in [0.1, 0.15) is 0 Å². The van der Waals surface area contributed by atoms with Crippen LogP contribution in [0.3, 0.4) is 0 Å². The standard InChI is InChI=1S/C19H28N4O/c1-3-18-20-19(24-21-18)15-23(17-10-12-22(2)13-11-17)14-9-16-7-5-4-6-8-16/h4-8,17H,3,9-15H2,1-2H3. The van der Waals surface area contributed by atoms with Gasteiger partial charge in [-0.2, -0.15) is 4.98 Å². The van der Waals surface area contributed by atoms with Gasteiger partial charge in [-0.1, -0.05) is 42.4 Å². The summed E-state index contributed by atoms with van der Waals surface area (Å²) in [7, 11) is 2.20. The second-order valence-electron chi connectivity index (χ2n) is 6.70. The van der Waals surface area contributed by atoms with E-state index in [1.807, 2.05) is 0 Å². The Balaban J connectivity index is 1.65. The van der Waals surface area contributed by atoms with Gasteiger partial charge in [-0.25, -0.2) is 0 Å². The van der Waals surface area contributed by atoms with Crippen LogP contribution in [0.4, 0.5) is 0 Å². The molecule has 0 radical (unpaired) electrons. The first-order valence-corrected chi connectivity index (χ1v) is 9.02. The van der Waals surface area contributed by atoms with E-state index in [2.05, 4.69) is 64.2 Å². The highest BCUT2D eigenvalue weighted by Gasteiger charge is 2.24. The number of aromatic nitrogens is 2. The Hall–Kier alpha value is -1.72. The van der Waals surface area contributed by atoms with Gasteiger partial charge in [0.25, 0.3) is 0 Å². The number of hydrogen-bond donors (Lipinski definition) is 0. The Morgan fingerprint density at radius 2 is 1.96 bits per heavy atom. The lowest BCUT2D eigenvalue weighted by Gasteiger charge is -2.36. The van der Waals surface area contributed by atoms with Crippen LogP contribution >= 0.6 is 0 Å². The molecule has 0 unspecified atom stereocenters. The zero-order chi connectivity index (χ0) is 16.8. The van der Waals surface area contributed by atoms with Gasteiger partial charge in [0.2, 0.25) is 5.89 Å². The fourth-order valence-electron chi connectivity index (χ4n) is 3.34. The van der Waals surface area contributed by atoms with Crippen LogP contribution in [0.2, 0.25) is 0 Å². The first-order valence-electron chi connectivity index (χ1n) is 9.02. The molecule has 24 heavy (non-hydrogen) atoms. The molecule has 1 fully saturated rings. The van der Waals surface area contributed by atoms with Crippen LogP contribution in [0.5, 0.6) is 0 Å². The quantitative estimate of drug-likeness (QED) is 0.782. The molecule has 2 heterocycles. The molecule has 1 aromatic heterocycles. The van der Waals surface area contributed by atoms with E-state index in [-0.39, 0.29) is 0 Å². The molecule has 1 aromatic carbocycles. The van der Waals surface area contributed by atoms with Crippen LogP contribution in [-0.4, -0.2) is 52.7 Å². The summed E-state index contributed by atoms with van der Waals surface area (Å²) in [6.07, 6.45) is 4.30. The summed E-state index contributed by atoms with van der Waals surface area (Å²) in [6, 6.07) is 11.3. The monoisotopic (exact) mass is 328 g/mol. The first-order chi connectivity index (χ1) is 11.7. The largest absolute Gasteiger partial charge is 0.338 e. The third-order valence-electron chi connectivity index (χ3n) is 4.90. The summed E-state index contributed by atoms with van der Waals surface area (Å²) >= 11 is 0. The third-order valence-corrected chi connectivity index (χ3v) is 4.90. The number of aryl methyl sites for hydroxylation is 1. The van der Waals surface area contributed by atoms with Crippen molar-refractivity contribution >= 4 is 0 Å². The van der Waals surface area contributed by atoms with Crippen LogP contribution in [0.25, 0.3) is 0 Å². The van der Waals surface area contributed by atoms with Crippen molar-refractivity contribution in [2.24, 2.45) is 0 Å². The van der Waals surface area contributed by atoms with Crippen molar-refractivity contribution in [2.45, 2.75) is 45.2 Å². The Kier molecular flexibility index (Phi) is 5.99. The van der Waals surface area contributed by atoms with Crippen molar-refractivity contribution in [3.8, 4) is 0 Å². The minimum absolute atomic E-state index is 0.599. The molecule has 5 nitrogen and oxygen atoms in total. The molecule has 0 saturated carbocycles. The Labute approximate surface area is 144 Å². The predicted molar refractivity (Wildman–Crippen MR) is 94.8 cm³/mol. The molecule has 0 N–H and O–H groups in total. The normalized spacial score (nSPS) is 16.8. The molecule has 5 heteroatoms. The number of hydrogen-bond acceptors (Lipinski definition) is 5. The lowest BCUT2D eigenvalue weighted by Crippen LogP contribution is -2.44. The van der Waals surface area contributed by atoms with Crippen molar-refractivity contribution in [2.75, 3.05) is 26.7 Å². The topological polar surface area (TPSA) is 45.4 Å². The van der Waals surface area contributed by atoms with Gasteiger partial charge in [-0.3, -0.25) is 4.90 Å². The molecule has 1 aliphatic rings. The summed E-state index contributed by atoms with van der Waals surface area (Å²) in [4.78, 5) is 9.45. The van der Waals surface area contributed by atoms with Gasteiger partial charge in [-0.15, -0.1) is 0 Å². The zero-order valence-corrected chi connectivity index (χ0v) is 14.8. The maximum absolute atomic E-state index is 5.44. The fraction of sp³-hybridized carbons (Fsp3) is 0.579. The number of rotatable bonds is 7. The Morgan fingerprint density at radius 1 is 1.21 bits per heavy atom. The molecule has 0 spiro atoms. The molecule has 0 aliphatic carbocycles. The van der Waals surface area contributed by atoms with Crippen LogP contribution in [0.15, 0.2) is 34.9 Å². The summed E-state index contributed by atoms with van der Waals surface area (Å²) in [5.41, 5.74) is 1.38. The number of piperidine rings is 1. The highest BCUT2D eigenvalue weighted by atomic mass is 16.5. The number of likely N-dealkylation sites (tertiary alicyclic amines) is 1. The van der Waals surface area contributed by atoms with E-state index in [0.29, 0.717) is 6.04 Å². The maximum atomic E-state index is 5.44. The maximum Gasteiger partial charge on any atom is 0.240 e. The first kappa shape index (κ1) is 17.1. The highest BCUT2D eigenvalue weighted by molar-refractivity contribution is 5.15. The summed E-state index contributed by atoms with van der Waals surface area (Å²) < 4.78 is 5.44.